The number of anilines is 1. The van der Waals surface area contributed by atoms with E-state index in [4.69, 9.17) is 0 Å². The van der Waals surface area contributed by atoms with Gasteiger partial charge in [0.15, 0.2) is 0 Å². The maximum absolute atomic E-state index is 13.8. The molecule has 2 heterocycles. The lowest BCUT2D eigenvalue weighted by molar-refractivity contribution is 0.411. The van der Waals surface area contributed by atoms with Crippen molar-refractivity contribution in [3.05, 3.63) is 83.7 Å². The van der Waals surface area contributed by atoms with Gasteiger partial charge in [-0.05, 0) is 11.6 Å². The summed E-state index contributed by atoms with van der Waals surface area (Å²) in [5.74, 6) is -6.81. The van der Waals surface area contributed by atoms with Crippen molar-refractivity contribution in [1.82, 2.24) is 9.55 Å². The molecule has 146 valence electrons. The number of hydrazone groups is 1. The first kappa shape index (κ1) is 18.7. The second-order valence-electron chi connectivity index (χ2n) is 6.27. The van der Waals surface area contributed by atoms with Crippen LogP contribution in [0, 0.1) is 23.5 Å². The van der Waals surface area contributed by atoms with Gasteiger partial charge in [-0.15, -0.1) is 0 Å². The molecule has 0 bridgehead atoms. The van der Waals surface area contributed by atoms with Gasteiger partial charge in [0.1, 0.15) is 5.69 Å². The molecule has 0 spiro atoms. The molecule has 0 amide bonds. The highest BCUT2D eigenvalue weighted by molar-refractivity contribution is 6.06. The van der Waals surface area contributed by atoms with Crippen molar-refractivity contribution in [1.29, 1.82) is 0 Å². The van der Waals surface area contributed by atoms with Crippen molar-refractivity contribution in [3.63, 3.8) is 0 Å². The molecular weight excluding hydrogens is 384 g/mol. The molecule has 0 atom stereocenters. The molecule has 1 N–H and O–H groups in total. The van der Waals surface area contributed by atoms with E-state index in [1.807, 2.05) is 66.2 Å². The Labute approximate surface area is 163 Å². The molecule has 0 saturated heterocycles. The lowest BCUT2D eigenvalue weighted by atomic mass is 10.1. The minimum absolute atomic E-state index is 0.678. The number of hydrogen-bond acceptors (Lipinski definition) is 3. The van der Waals surface area contributed by atoms with E-state index in [0.717, 1.165) is 22.2 Å². The summed E-state index contributed by atoms with van der Waals surface area (Å²) in [6, 6.07) is 17.1. The summed E-state index contributed by atoms with van der Waals surface area (Å²) in [6.45, 7) is 0. The Bertz CT molecular complexity index is 1210. The fourth-order valence-electron chi connectivity index (χ4n) is 3.24. The number of pyridine rings is 1. The molecule has 0 aliphatic heterocycles. The van der Waals surface area contributed by atoms with E-state index < -0.39 is 29.2 Å². The quantitative estimate of drug-likeness (QED) is 0.221. The fraction of sp³-hybridized carbons (Fsp3) is 0.0476. The number of benzene rings is 2. The Kier molecular flexibility index (Phi) is 4.75. The van der Waals surface area contributed by atoms with E-state index in [2.05, 4.69) is 15.5 Å². The molecule has 8 heteroatoms. The van der Waals surface area contributed by atoms with Gasteiger partial charge in [0.25, 0.3) is 11.9 Å². The highest BCUT2D eigenvalue weighted by atomic mass is 19.2. The van der Waals surface area contributed by atoms with E-state index in [-0.39, 0.29) is 0 Å². The Balaban J connectivity index is 1.81. The summed E-state index contributed by atoms with van der Waals surface area (Å²) in [5.41, 5.74) is 4.34. The van der Waals surface area contributed by atoms with Crippen molar-refractivity contribution in [2.24, 2.45) is 12.1 Å². The topological polar surface area (TPSA) is 42.2 Å². The van der Waals surface area contributed by atoms with Gasteiger partial charge in [-0.1, -0.05) is 48.5 Å². The van der Waals surface area contributed by atoms with Crippen LogP contribution in [0.3, 0.4) is 0 Å². The van der Waals surface area contributed by atoms with Crippen molar-refractivity contribution < 1.29 is 17.6 Å². The average molecular weight is 398 g/mol. The van der Waals surface area contributed by atoms with Crippen LogP contribution in [0.5, 0.6) is 0 Å². The maximum Gasteiger partial charge on any atom is 0.254 e. The molecule has 2 aromatic heterocycles. The van der Waals surface area contributed by atoms with Crippen LogP contribution in [0.1, 0.15) is 5.56 Å². The number of nitrogens with zero attached hydrogens (tertiary/aromatic N) is 3. The van der Waals surface area contributed by atoms with Crippen LogP contribution in [0.15, 0.2) is 59.7 Å². The summed E-state index contributed by atoms with van der Waals surface area (Å²) in [5, 5.41) is 4.69. The first-order chi connectivity index (χ1) is 14.0. The zero-order chi connectivity index (χ0) is 20.5. The SMILES string of the molecule is Cn1c(-c2ccccc2)c(/C=N/Nc2c(F)c(F)nc(F)c2F)c2ccccc21. The van der Waals surface area contributed by atoms with Crippen LogP contribution in [-0.2, 0) is 7.05 Å². The predicted octanol–water partition coefficient (Wildman–Crippen LogP) is 5.24. The number of aromatic nitrogens is 2. The normalized spacial score (nSPS) is 11.5. The maximum atomic E-state index is 13.8. The third-order valence-corrected chi connectivity index (χ3v) is 4.56. The van der Waals surface area contributed by atoms with E-state index in [1.165, 1.54) is 6.21 Å². The number of para-hydroxylation sites is 1. The lowest BCUT2D eigenvalue weighted by Crippen LogP contribution is -2.06. The second-order valence-corrected chi connectivity index (χ2v) is 6.27. The van der Waals surface area contributed by atoms with Crippen LogP contribution in [0.4, 0.5) is 23.2 Å². The minimum Gasteiger partial charge on any atom is -0.343 e. The molecule has 4 rings (SSSR count). The number of nitrogens with one attached hydrogen (secondary N) is 1. The monoisotopic (exact) mass is 398 g/mol. The Morgan fingerprint density at radius 1 is 0.897 bits per heavy atom. The molecule has 0 aliphatic carbocycles. The van der Waals surface area contributed by atoms with Crippen LogP contribution < -0.4 is 5.43 Å². The molecule has 2 aromatic carbocycles. The Morgan fingerprint density at radius 3 is 2.21 bits per heavy atom. The molecule has 0 radical (unpaired) electrons. The molecule has 0 aliphatic rings. The Morgan fingerprint density at radius 2 is 1.52 bits per heavy atom. The molecule has 0 fully saturated rings. The van der Waals surface area contributed by atoms with Gasteiger partial charge >= 0.3 is 0 Å². The molecule has 0 saturated carbocycles. The van der Waals surface area contributed by atoms with E-state index in [0.29, 0.717) is 5.56 Å². The molecule has 4 nitrogen and oxygen atoms in total. The summed E-state index contributed by atoms with van der Waals surface area (Å²) < 4.78 is 56.1. The van der Waals surface area contributed by atoms with Gasteiger partial charge in [0, 0.05) is 23.5 Å². The van der Waals surface area contributed by atoms with Gasteiger partial charge in [0.05, 0.1) is 11.9 Å². The van der Waals surface area contributed by atoms with E-state index in [1.54, 1.807) is 0 Å². The van der Waals surface area contributed by atoms with Crippen molar-refractivity contribution in [3.8, 4) is 11.3 Å². The van der Waals surface area contributed by atoms with Crippen LogP contribution in [0.25, 0.3) is 22.2 Å². The number of aryl methyl sites for hydroxylation is 1. The van der Waals surface area contributed by atoms with Crippen LogP contribution >= 0.6 is 0 Å². The number of halogens is 4. The Hall–Kier alpha value is -3.68. The predicted molar refractivity (Wildman–Crippen MR) is 104 cm³/mol. The van der Waals surface area contributed by atoms with Gasteiger partial charge < -0.3 is 4.57 Å². The molecule has 4 aromatic rings. The van der Waals surface area contributed by atoms with Gasteiger partial charge in [0.2, 0.25) is 11.6 Å². The minimum atomic E-state index is -1.75. The highest BCUT2D eigenvalue weighted by Crippen LogP contribution is 2.32. The first-order valence-corrected chi connectivity index (χ1v) is 8.61. The van der Waals surface area contributed by atoms with Crippen molar-refractivity contribution in [2.75, 3.05) is 5.43 Å². The average Bonchev–Trinajstić information content (AvgIpc) is 3.02. The van der Waals surface area contributed by atoms with E-state index >= 15 is 0 Å². The largest absolute Gasteiger partial charge is 0.343 e. The van der Waals surface area contributed by atoms with Gasteiger partial charge in [-0.2, -0.15) is 27.6 Å². The summed E-state index contributed by atoms with van der Waals surface area (Å²) >= 11 is 0. The molecule has 0 unspecified atom stereocenters. The van der Waals surface area contributed by atoms with E-state index in [9.17, 15) is 17.6 Å². The van der Waals surface area contributed by atoms with Crippen LogP contribution in [-0.4, -0.2) is 15.8 Å². The van der Waals surface area contributed by atoms with Crippen LogP contribution in [0.2, 0.25) is 0 Å². The lowest BCUT2D eigenvalue weighted by Gasteiger charge is -2.07. The molecule has 29 heavy (non-hydrogen) atoms. The molecular formula is C21H14F4N4. The smallest absolute Gasteiger partial charge is 0.254 e. The summed E-state index contributed by atoms with van der Waals surface area (Å²) in [6.07, 6.45) is 1.36. The van der Waals surface area contributed by atoms with Gasteiger partial charge in [-0.25, -0.2) is 0 Å². The first-order valence-electron chi connectivity index (χ1n) is 8.61. The number of rotatable bonds is 4. The highest BCUT2D eigenvalue weighted by Gasteiger charge is 2.20. The third kappa shape index (κ3) is 3.22. The van der Waals surface area contributed by atoms with Crippen molar-refractivity contribution in [2.45, 2.75) is 0 Å². The fourth-order valence-corrected chi connectivity index (χ4v) is 3.24. The zero-order valence-corrected chi connectivity index (χ0v) is 15.1. The second kappa shape index (κ2) is 7.38. The van der Waals surface area contributed by atoms with Gasteiger partial charge in [-0.3, -0.25) is 5.43 Å². The zero-order valence-electron chi connectivity index (χ0n) is 15.1. The standard InChI is InChI=1S/C21H14F4N4/c1-29-15-10-6-5-9-13(15)14(19(29)12-7-3-2-4-8-12)11-26-28-18-16(22)20(24)27-21(25)17(18)23/h2-11H,1H3,(H,27,28)/b26-11+. The summed E-state index contributed by atoms with van der Waals surface area (Å²) in [7, 11) is 1.89. The number of hydrogen-bond donors (Lipinski definition) is 1. The van der Waals surface area contributed by atoms with Crippen molar-refractivity contribution >= 4 is 22.8 Å². The summed E-state index contributed by atoms with van der Waals surface area (Å²) in [4.78, 5) is 2.52. The third-order valence-electron chi connectivity index (χ3n) is 4.56. The number of fused-ring (bicyclic) bond motifs is 1.